The summed E-state index contributed by atoms with van der Waals surface area (Å²) in [6, 6.07) is 8.85. The first kappa shape index (κ1) is 9.13. The van der Waals surface area contributed by atoms with E-state index >= 15 is 0 Å². The minimum absolute atomic E-state index is 0.458. The lowest BCUT2D eigenvalue weighted by Crippen LogP contribution is -2.35. The Hall–Kier alpha value is -1.44. The standard InChI is InChI=1S/C12H16N2/c1-9(2)14-8-11-6-4-3-5-10(11)7-12(14)13/h3-7,9H,8,13H2,1-2H3. The minimum Gasteiger partial charge on any atom is -0.385 e. The quantitative estimate of drug-likeness (QED) is 0.731. The molecule has 1 aliphatic rings. The molecule has 0 atom stereocenters. The Labute approximate surface area is 85.0 Å². The summed E-state index contributed by atoms with van der Waals surface area (Å²) in [7, 11) is 0. The van der Waals surface area contributed by atoms with Crippen LogP contribution in [-0.2, 0) is 6.54 Å². The monoisotopic (exact) mass is 188 g/mol. The van der Waals surface area contributed by atoms with Crippen LogP contribution in [-0.4, -0.2) is 10.9 Å². The van der Waals surface area contributed by atoms with E-state index < -0.39 is 0 Å². The average Bonchev–Trinajstić information content (AvgIpc) is 2.16. The molecule has 14 heavy (non-hydrogen) atoms. The molecule has 0 spiro atoms. The van der Waals surface area contributed by atoms with Gasteiger partial charge in [-0.3, -0.25) is 0 Å². The van der Waals surface area contributed by atoms with Crippen molar-refractivity contribution >= 4 is 6.08 Å². The highest BCUT2D eigenvalue weighted by molar-refractivity contribution is 5.58. The number of rotatable bonds is 1. The van der Waals surface area contributed by atoms with Crippen molar-refractivity contribution in [2.45, 2.75) is 26.4 Å². The Balaban J connectivity index is 2.38. The van der Waals surface area contributed by atoms with Gasteiger partial charge in [0, 0.05) is 12.6 Å². The number of benzene rings is 1. The van der Waals surface area contributed by atoms with Crippen molar-refractivity contribution in [2.75, 3.05) is 0 Å². The second kappa shape index (κ2) is 3.37. The summed E-state index contributed by atoms with van der Waals surface area (Å²) in [6.07, 6.45) is 2.05. The Morgan fingerprint density at radius 2 is 2.00 bits per heavy atom. The summed E-state index contributed by atoms with van der Waals surface area (Å²) in [5, 5.41) is 0. The summed E-state index contributed by atoms with van der Waals surface area (Å²) < 4.78 is 0. The van der Waals surface area contributed by atoms with E-state index in [0.29, 0.717) is 6.04 Å². The molecule has 2 N–H and O–H groups in total. The van der Waals surface area contributed by atoms with Gasteiger partial charge in [-0.15, -0.1) is 0 Å². The predicted octanol–water partition coefficient (Wildman–Crippen LogP) is 2.17. The number of hydrogen-bond donors (Lipinski definition) is 1. The highest BCUT2D eigenvalue weighted by atomic mass is 15.2. The summed E-state index contributed by atoms with van der Waals surface area (Å²) in [5.41, 5.74) is 8.59. The molecule has 0 radical (unpaired) electrons. The van der Waals surface area contributed by atoms with Gasteiger partial charge in [-0.05, 0) is 31.1 Å². The van der Waals surface area contributed by atoms with Gasteiger partial charge in [0.05, 0.1) is 5.82 Å². The molecule has 0 saturated carbocycles. The second-order valence-electron chi connectivity index (χ2n) is 3.99. The van der Waals surface area contributed by atoms with Gasteiger partial charge in [0.25, 0.3) is 0 Å². The first-order valence-corrected chi connectivity index (χ1v) is 5.00. The number of fused-ring (bicyclic) bond motifs is 1. The van der Waals surface area contributed by atoms with Crippen molar-refractivity contribution in [3.63, 3.8) is 0 Å². The molecule has 1 aliphatic heterocycles. The Bertz CT molecular complexity index is 366. The van der Waals surface area contributed by atoms with E-state index in [4.69, 9.17) is 5.73 Å². The fourth-order valence-electron chi connectivity index (χ4n) is 1.82. The van der Waals surface area contributed by atoms with Crippen LogP contribution in [0, 0.1) is 0 Å². The number of nitrogens with two attached hydrogens (primary N) is 1. The number of hydrogen-bond acceptors (Lipinski definition) is 2. The zero-order chi connectivity index (χ0) is 10.1. The Kier molecular flexibility index (Phi) is 2.20. The maximum Gasteiger partial charge on any atom is 0.0997 e. The molecule has 1 aromatic carbocycles. The largest absolute Gasteiger partial charge is 0.385 e. The highest BCUT2D eigenvalue weighted by Crippen LogP contribution is 2.23. The van der Waals surface area contributed by atoms with Crippen LogP contribution in [0.3, 0.4) is 0 Å². The van der Waals surface area contributed by atoms with Crippen molar-refractivity contribution in [1.82, 2.24) is 4.90 Å². The molecule has 1 aromatic rings. The van der Waals surface area contributed by atoms with Gasteiger partial charge >= 0.3 is 0 Å². The van der Waals surface area contributed by atoms with Gasteiger partial charge in [-0.1, -0.05) is 24.3 Å². The summed E-state index contributed by atoms with van der Waals surface area (Å²) in [5.74, 6) is 0.874. The third-order valence-electron chi connectivity index (χ3n) is 2.65. The molecule has 0 saturated heterocycles. The van der Waals surface area contributed by atoms with Crippen LogP contribution in [0.2, 0.25) is 0 Å². The molecule has 0 fully saturated rings. The third-order valence-corrected chi connectivity index (χ3v) is 2.65. The first-order chi connectivity index (χ1) is 6.68. The van der Waals surface area contributed by atoms with Gasteiger partial charge < -0.3 is 10.6 Å². The molecular formula is C12H16N2. The van der Waals surface area contributed by atoms with Gasteiger partial charge in [0.2, 0.25) is 0 Å². The fourth-order valence-corrected chi connectivity index (χ4v) is 1.82. The smallest absolute Gasteiger partial charge is 0.0997 e. The molecule has 2 nitrogen and oxygen atoms in total. The van der Waals surface area contributed by atoms with Crippen molar-refractivity contribution in [3.05, 3.63) is 41.2 Å². The third kappa shape index (κ3) is 1.48. The van der Waals surface area contributed by atoms with Gasteiger partial charge in [0.1, 0.15) is 0 Å². The zero-order valence-electron chi connectivity index (χ0n) is 8.70. The van der Waals surface area contributed by atoms with Crippen molar-refractivity contribution in [1.29, 1.82) is 0 Å². The molecule has 2 rings (SSSR count). The molecule has 2 heteroatoms. The SMILES string of the molecule is CC(C)N1Cc2ccccc2C=C1N. The van der Waals surface area contributed by atoms with Gasteiger partial charge in [0.15, 0.2) is 0 Å². The lowest BCUT2D eigenvalue weighted by Gasteiger charge is -2.32. The molecule has 0 bridgehead atoms. The van der Waals surface area contributed by atoms with Crippen LogP contribution in [0.4, 0.5) is 0 Å². The molecule has 0 aromatic heterocycles. The molecular weight excluding hydrogens is 172 g/mol. The van der Waals surface area contributed by atoms with Crippen molar-refractivity contribution in [3.8, 4) is 0 Å². The summed E-state index contributed by atoms with van der Waals surface area (Å²) >= 11 is 0. The molecule has 74 valence electrons. The topological polar surface area (TPSA) is 29.3 Å². The van der Waals surface area contributed by atoms with E-state index in [1.54, 1.807) is 0 Å². The van der Waals surface area contributed by atoms with E-state index in [2.05, 4.69) is 43.0 Å². The summed E-state index contributed by atoms with van der Waals surface area (Å²) in [6.45, 7) is 5.25. The number of nitrogens with zero attached hydrogens (tertiary/aromatic N) is 1. The van der Waals surface area contributed by atoms with E-state index in [0.717, 1.165) is 12.4 Å². The van der Waals surface area contributed by atoms with Crippen LogP contribution >= 0.6 is 0 Å². The van der Waals surface area contributed by atoms with Crippen LogP contribution in [0.15, 0.2) is 30.1 Å². The first-order valence-electron chi connectivity index (χ1n) is 5.00. The minimum atomic E-state index is 0.458. The predicted molar refractivity (Wildman–Crippen MR) is 59.3 cm³/mol. The second-order valence-corrected chi connectivity index (χ2v) is 3.99. The van der Waals surface area contributed by atoms with Crippen LogP contribution in [0.1, 0.15) is 25.0 Å². The van der Waals surface area contributed by atoms with E-state index in [9.17, 15) is 0 Å². The van der Waals surface area contributed by atoms with Crippen LogP contribution in [0.5, 0.6) is 0 Å². The van der Waals surface area contributed by atoms with Gasteiger partial charge in [-0.2, -0.15) is 0 Å². The maximum absolute atomic E-state index is 5.98. The zero-order valence-corrected chi connectivity index (χ0v) is 8.70. The van der Waals surface area contributed by atoms with Crippen molar-refractivity contribution in [2.24, 2.45) is 5.73 Å². The average molecular weight is 188 g/mol. The summed E-state index contributed by atoms with van der Waals surface area (Å²) in [4.78, 5) is 2.21. The lowest BCUT2D eigenvalue weighted by atomic mass is 10.0. The molecule has 0 amide bonds. The normalized spacial score (nSPS) is 15.4. The Morgan fingerprint density at radius 1 is 1.29 bits per heavy atom. The van der Waals surface area contributed by atoms with Crippen LogP contribution < -0.4 is 5.73 Å². The molecule has 0 aliphatic carbocycles. The van der Waals surface area contributed by atoms with E-state index in [-0.39, 0.29) is 0 Å². The van der Waals surface area contributed by atoms with E-state index in [1.807, 2.05) is 6.07 Å². The fraction of sp³-hybridized carbons (Fsp3) is 0.333. The highest BCUT2D eigenvalue weighted by Gasteiger charge is 2.17. The maximum atomic E-state index is 5.98. The van der Waals surface area contributed by atoms with E-state index in [1.165, 1.54) is 11.1 Å². The molecule has 1 heterocycles. The van der Waals surface area contributed by atoms with Crippen molar-refractivity contribution < 1.29 is 0 Å². The Morgan fingerprint density at radius 3 is 2.71 bits per heavy atom. The van der Waals surface area contributed by atoms with Gasteiger partial charge in [-0.25, -0.2) is 0 Å². The molecule has 0 unspecified atom stereocenters. The lowest BCUT2D eigenvalue weighted by molar-refractivity contribution is 0.271. The van der Waals surface area contributed by atoms with Crippen LogP contribution in [0.25, 0.3) is 6.08 Å².